The molecule has 134 valence electrons. The van der Waals surface area contributed by atoms with Crippen molar-refractivity contribution in [1.29, 1.82) is 0 Å². The van der Waals surface area contributed by atoms with Gasteiger partial charge in [-0.05, 0) is 42.8 Å². The molecular formula is C17H18FNO5S. The van der Waals surface area contributed by atoms with Crippen LogP contribution in [0.1, 0.15) is 15.9 Å². The highest BCUT2D eigenvalue weighted by atomic mass is 32.2. The predicted molar refractivity (Wildman–Crippen MR) is 91.2 cm³/mol. The van der Waals surface area contributed by atoms with Crippen molar-refractivity contribution in [3.8, 4) is 5.75 Å². The maximum absolute atomic E-state index is 13.6. The Kier molecular flexibility index (Phi) is 5.76. The van der Waals surface area contributed by atoms with Gasteiger partial charge in [0.2, 0.25) is 0 Å². The van der Waals surface area contributed by atoms with Crippen molar-refractivity contribution < 1.29 is 27.4 Å². The Labute approximate surface area is 145 Å². The summed E-state index contributed by atoms with van der Waals surface area (Å²) in [6.07, 6.45) is 0.873. The first kappa shape index (κ1) is 18.9. The first-order valence-electron chi connectivity index (χ1n) is 7.37. The molecule has 0 aromatic heterocycles. The summed E-state index contributed by atoms with van der Waals surface area (Å²) in [6, 6.07) is 8.16. The lowest BCUT2D eigenvalue weighted by Crippen LogP contribution is -2.14. The van der Waals surface area contributed by atoms with Crippen molar-refractivity contribution in [2.45, 2.75) is 11.8 Å². The molecule has 0 atom stereocenters. The van der Waals surface area contributed by atoms with E-state index in [1.807, 2.05) is 0 Å². The van der Waals surface area contributed by atoms with Gasteiger partial charge in [0.05, 0.1) is 6.61 Å². The Morgan fingerprint density at radius 3 is 2.60 bits per heavy atom. The number of rotatable bonds is 6. The number of hydrogen-bond donors (Lipinski definition) is 2. The second kappa shape index (κ2) is 7.62. The molecule has 0 aliphatic rings. The van der Waals surface area contributed by atoms with Crippen molar-refractivity contribution >= 4 is 21.4 Å². The predicted octanol–water partition coefficient (Wildman–Crippen LogP) is 2.16. The molecular weight excluding hydrogens is 349 g/mol. The standard InChI is InChI=1S/C17H18FNO5S/c1-11-7-13(10-14(8-11)24-6-5-20)19-17(21)12-3-4-15(18)16(9-12)25(2,22)23/h3-4,7-10,20H,5-6H2,1-2H3,(H,19,21). The van der Waals surface area contributed by atoms with Crippen LogP contribution in [0.4, 0.5) is 10.1 Å². The van der Waals surface area contributed by atoms with Crippen LogP contribution in [0.2, 0.25) is 0 Å². The first-order valence-corrected chi connectivity index (χ1v) is 9.26. The number of aryl methyl sites for hydroxylation is 1. The number of benzene rings is 2. The topological polar surface area (TPSA) is 92.7 Å². The largest absolute Gasteiger partial charge is 0.491 e. The van der Waals surface area contributed by atoms with Gasteiger partial charge < -0.3 is 15.2 Å². The second-order valence-electron chi connectivity index (χ2n) is 5.48. The number of carbonyl (C=O) groups excluding carboxylic acids is 1. The zero-order valence-corrected chi connectivity index (χ0v) is 14.6. The summed E-state index contributed by atoms with van der Waals surface area (Å²) < 4.78 is 42.1. The van der Waals surface area contributed by atoms with E-state index in [2.05, 4.69) is 5.32 Å². The van der Waals surface area contributed by atoms with E-state index in [1.165, 1.54) is 6.07 Å². The third-order valence-corrected chi connectivity index (χ3v) is 4.37. The Morgan fingerprint density at radius 1 is 1.24 bits per heavy atom. The van der Waals surface area contributed by atoms with Crippen LogP contribution in [0.15, 0.2) is 41.3 Å². The lowest BCUT2D eigenvalue weighted by Gasteiger charge is -2.11. The molecule has 1 amide bonds. The van der Waals surface area contributed by atoms with Gasteiger partial charge in [-0.15, -0.1) is 0 Å². The quantitative estimate of drug-likeness (QED) is 0.816. The minimum Gasteiger partial charge on any atom is -0.491 e. The molecule has 0 saturated carbocycles. The fourth-order valence-corrected chi connectivity index (χ4v) is 2.96. The fraction of sp³-hybridized carbons (Fsp3) is 0.235. The van der Waals surface area contributed by atoms with E-state index in [0.717, 1.165) is 24.0 Å². The van der Waals surface area contributed by atoms with Gasteiger partial charge in [0.15, 0.2) is 9.84 Å². The molecule has 0 fully saturated rings. The van der Waals surface area contributed by atoms with Crippen LogP contribution < -0.4 is 10.1 Å². The van der Waals surface area contributed by atoms with Crippen LogP contribution in [-0.2, 0) is 9.84 Å². The second-order valence-corrected chi connectivity index (χ2v) is 7.46. The van der Waals surface area contributed by atoms with Gasteiger partial charge in [0.1, 0.15) is 23.1 Å². The van der Waals surface area contributed by atoms with Crippen LogP contribution in [0, 0.1) is 12.7 Å². The van der Waals surface area contributed by atoms with Gasteiger partial charge in [0, 0.05) is 23.6 Å². The van der Waals surface area contributed by atoms with Crippen LogP contribution in [0.3, 0.4) is 0 Å². The smallest absolute Gasteiger partial charge is 0.255 e. The van der Waals surface area contributed by atoms with Crippen molar-refractivity contribution in [3.05, 3.63) is 53.3 Å². The van der Waals surface area contributed by atoms with E-state index in [-0.39, 0.29) is 18.8 Å². The summed E-state index contributed by atoms with van der Waals surface area (Å²) in [4.78, 5) is 11.8. The zero-order valence-electron chi connectivity index (χ0n) is 13.7. The molecule has 2 aromatic rings. The number of aliphatic hydroxyl groups excluding tert-OH is 1. The number of carbonyl (C=O) groups is 1. The summed E-state index contributed by atoms with van der Waals surface area (Å²) in [5.41, 5.74) is 1.27. The molecule has 0 unspecified atom stereocenters. The maximum atomic E-state index is 13.6. The molecule has 0 aliphatic carbocycles. The SMILES string of the molecule is Cc1cc(NC(=O)c2ccc(F)c(S(C)(=O)=O)c2)cc(OCCO)c1. The van der Waals surface area contributed by atoms with E-state index in [1.54, 1.807) is 25.1 Å². The minimum atomic E-state index is -3.78. The van der Waals surface area contributed by atoms with Crippen molar-refractivity contribution in [2.24, 2.45) is 0 Å². The lowest BCUT2D eigenvalue weighted by atomic mass is 10.1. The highest BCUT2D eigenvalue weighted by Gasteiger charge is 2.17. The number of anilines is 1. The number of ether oxygens (including phenoxy) is 1. The average Bonchev–Trinajstić information content (AvgIpc) is 2.51. The number of nitrogens with one attached hydrogen (secondary N) is 1. The van der Waals surface area contributed by atoms with Crippen LogP contribution in [0.25, 0.3) is 0 Å². The van der Waals surface area contributed by atoms with Gasteiger partial charge in [-0.3, -0.25) is 4.79 Å². The Balaban J connectivity index is 2.27. The average molecular weight is 367 g/mol. The third-order valence-electron chi connectivity index (χ3n) is 3.26. The number of amides is 1. The van der Waals surface area contributed by atoms with Gasteiger partial charge >= 0.3 is 0 Å². The van der Waals surface area contributed by atoms with Gasteiger partial charge in [-0.25, -0.2) is 12.8 Å². The summed E-state index contributed by atoms with van der Waals surface area (Å²) in [5, 5.41) is 11.4. The number of halogens is 1. The number of sulfone groups is 1. The first-order chi connectivity index (χ1) is 11.7. The number of hydrogen-bond acceptors (Lipinski definition) is 5. The molecule has 0 spiro atoms. The molecule has 2 aromatic carbocycles. The lowest BCUT2D eigenvalue weighted by molar-refractivity contribution is 0.102. The summed E-state index contributed by atoms with van der Waals surface area (Å²) in [6.45, 7) is 1.78. The Hall–Kier alpha value is -2.45. The van der Waals surface area contributed by atoms with Crippen LogP contribution >= 0.6 is 0 Å². The molecule has 0 heterocycles. The molecule has 0 aliphatic heterocycles. The molecule has 2 N–H and O–H groups in total. The highest BCUT2D eigenvalue weighted by Crippen LogP contribution is 2.22. The summed E-state index contributed by atoms with van der Waals surface area (Å²) in [5.74, 6) is -1.02. The van der Waals surface area contributed by atoms with Gasteiger partial charge in [-0.2, -0.15) is 0 Å². The van der Waals surface area contributed by atoms with Crippen LogP contribution in [0.5, 0.6) is 5.75 Å². The summed E-state index contributed by atoms with van der Waals surface area (Å²) in [7, 11) is -3.78. The Bertz CT molecular complexity index is 896. The van der Waals surface area contributed by atoms with E-state index in [0.29, 0.717) is 11.4 Å². The molecule has 0 bridgehead atoms. The normalized spacial score (nSPS) is 11.2. The molecule has 6 nitrogen and oxygen atoms in total. The molecule has 8 heteroatoms. The maximum Gasteiger partial charge on any atom is 0.255 e. The fourth-order valence-electron chi connectivity index (χ4n) is 2.20. The minimum absolute atomic E-state index is 0.0150. The van der Waals surface area contributed by atoms with Crippen LogP contribution in [-0.4, -0.2) is 38.9 Å². The van der Waals surface area contributed by atoms with Gasteiger partial charge in [-0.1, -0.05) is 0 Å². The number of aliphatic hydroxyl groups is 1. The van der Waals surface area contributed by atoms with Crippen molar-refractivity contribution in [2.75, 3.05) is 24.8 Å². The molecule has 2 rings (SSSR count). The van der Waals surface area contributed by atoms with E-state index < -0.39 is 26.5 Å². The van der Waals surface area contributed by atoms with Crippen molar-refractivity contribution in [3.63, 3.8) is 0 Å². The van der Waals surface area contributed by atoms with Crippen molar-refractivity contribution in [1.82, 2.24) is 0 Å². The highest BCUT2D eigenvalue weighted by molar-refractivity contribution is 7.90. The molecule has 25 heavy (non-hydrogen) atoms. The monoisotopic (exact) mass is 367 g/mol. The van der Waals surface area contributed by atoms with E-state index >= 15 is 0 Å². The summed E-state index contributed by atoms with van der Waals surface area (Å²) >= 11 is 0. The third kappa shape index (κ3) is 5.01. The van der Waals surface area contributed by atoms with E-state index in [9.17, 15) is 17.6 Å². The molecule has 0 saturated heterocycles. The van der Waals surface area contributed by atoms with E-state index in [4.69, 9.17) is 9.84 Å². The Morgan fingerprint density at radius 2 is 1.96 bits per heavy atom. The van der Waals surface area contributed by atoms with Gasteiger partial charge in [0.25, 0.3) is 5.91 Å². The zero-order chi connectivity index (χ0) is 18.6. The molecule has 0 radical (unpaired) electrons.